The molecule has 76 valence electrons. The van der Waals surface area contributed by atoms with E-state index in [0.717, 1.165) is 18.4 Å². The highest BCUT2D eigenvalue weighted by atomic mass is 19.1. The minimum atomic E-state index is -0.364. The molecule has 0 saturated heterocycles. The van der Waals surface area contributed by atoms with Gasteiger partial charge in [-0.3, -0.25) is 0 Å². The van der Waals surface area contributed by atoms with Crippen molar-refractivity contribution >= 4 is 5.69 Å². The molecule has 1 atom stereocenters. The van der Waals surface area contributed by atoms with Gasteiger partial charge < -0.3 is 11.5 Å². The molecular formula is C11H15FN2. The van der Waals surface area contributed by atoms with Crippen LogP contribution in [0, 0.1) is 11.7 Å². The molecule has 0 bridgehead atoms. The van der Waals surface area contributed by atoms with Gasteiger partial charge in [-0.1, -0.05) is 12.5 Å². The SMILES string of the molecule is Nc1ccc(C(N)C2CCC2)cc1F. The molecule has 1 aromatic carbocycles. The second kappa shape index (κ2) is 3.58. The zero-order valence-electron chi connectivity index (χ0n) is 8.04. The first-order valence-electron chi connectivity index (χ1n) is 4.99. The van der Waals surface area contributed by atoms with Crippen molar-refractivity contribution in [1.29, 1.82) is 0 Å². The standard InChI is InChI=1S/C11H15FN2/c12-9-6-8(4-5-10(9)13)11(14)7-2-1-3-7/h4-7,11H,1-3,13-14H2. The monoisotopic (exact) mass is 194 g/mol. The fourth-order valence-corrected chi connectivity index (χ4v) is 1.82. The molecule has 0 spiro atoms. The summed E-state index contributed by atoms with van der Waals surface area (Å²) in [5.74, 6) is 0.162. The lowest BCUT2D eigenvalue weighted by Crippen LogP contribution is -2.26. The Balaban J connectivity index is 2.18. The van der Waals surface area contributed by atoms with Crippen molar-refractivity contribution in [2.45, 2.75) is 25.3 Å². The number of anilines is 1. The molecule has 4 N–H and O–H groups in total. The summed E-state index contributed by atoms with van der Waals surface area (Å²) in [6.45, 7) is 0. The largest absolute Gasteiger partial charge is 0.396 e. The van der Waals surface area contributed by atoms with Gasteiger partial charge >= 0.3 is 0 Å². The van der Waals surface area contributed by atoms with Crippen molar-refractivity contribution in [2.75, 3.05) is 5.73 Å². The summed E-state index contributed by atoms with van der Waals surface area (Å²) in [6, 6.07) is 4.84. The summed E-state index contributed by atoms with van der Waals surface area (Å²) in [7, 11) is 0. The maximum absolute atomic E-state index is 13.1. The summed E-state index contributed by atoms with van der Waals surface area (Å²) >= 11 is 0. The van der Waals surface area contributed by atoms with Crippen LogP contribution in [0.5, 0.6) is 0 Å². The molecule has 0 heterocycles. The van der Waals surface area contributed by atoms with Gasteiger partial charge in [0.25, 0.3) is 0 Å². The Kier molecular flexibility index (Phi) is 2.42. The van der Waals surface area contributed by atoms with E-state index in [0.29, 0.717) is 5.92 Å². The average molecular weight is 194 g/mol. The topological polar surface area (TPSA) is 52.0 Å². The lowest BCUT2D eigenvalue weighted by atomic mass is 9.77. The van der Waals surface area contributed by atoms with E-state index in [-0.39, 0.29) is 17.5 Å². The molecule has 3 heteroatoms. The summed E-state index contributed by atoms with van der Waals surface area (Å²) in [4.78, 5) is 0. The zero-order chi connectivity index (χ0) is 10.1. The summed E-state index contributed by atoms with van der Waals surface area (Å²) < 4.78 is 13.1. The Hall–Kier alpha value is -1.09. The maximum Gasteiger partial charge on any atom is 0.146 e. The van der Waals surface area contributed by atoms with E-state index in [1.54, 1.807) is 6.07 Å². The molecule has 2 rings (SSSR count). The lowest BCUT2D eigenvalue weighted by Gasteiger charge is -2.31. The third kappa shape index (κ3) is 1.60. The fraction of sp³-hybridized carbons (Fsp3) is 0.455. The van der Waals surface area contributed by atoms with Crippen LogP contribution in [-0.2, 0) is 0 Å². The summed E-state index contributed by atoms with van der Waals surface area (Å²) in [5.41, 5.74) is 12.5. The predicted octanol–water partition coefficient (Wildman–Crippen LogP) is 2.21. The maximum atomic E-state index is 13.1. The molecule has 1 aliphatic carbocycles. The minimum Gasteiger partial charge on any atom is -0.396 e. The molecule has 1 aliphatic rings. The third-order valence-corrected chi connectivity index (χ3v) is 3.07. The van der Waals surface area contributed by atoms with E-state index in [1.165, 1.54) is 12.5 Å². The van der Waals surface area contributed by atoms with E-state index >= 15 is 0 Å². The highest BCUT2D eigenvalue weighted by Crippen LogP contribution is 2.36. The number of nitrogens with two attached hydrogens (primary N) is 2. The van der Waals surface area contributed by atoms with E-state index in [1.807, 2.05) is 6.07 Å². The molecule has 1 aromatic rings. The molecule has 0 amide bonds. The average Bonchev–Trinajstić information content (AvgIpc) is 2.06. The van der Waals surface area contributed by atoms with Crippen molar-refractivity contribution < 1.29 is 4.39 Å². The molecule has 1 saturated carbocycles. The van der Waals surface area contributed by atoms with Crippen molar-refractivity contribution in [3.63, 3.8) is 0 Å². The van der Waals surface area contributed by atoms with Gasteiger partial charge in [0.15, 0.2) is 0 Å². The molecule has 0 aromatic heterocycles. The van der Waals surface area contributed by atoms with E-state index in [4.69, 9.17) is 11.5 Å². The van der Waals surface area contributed by atoms with Crippen LogP contribution in [0.4, 0.5) is 10.1 Å². The number of rotatable bonds is 2. The normalized spacial score (nSPS) is 19.0. The first-order chi connectivity index (χ1) is 6.68. The Morgan fingerprint density at radius 3 is 2.57 bits per heavy atom. The van der Waals surface area contributed by atoms with E-state index in [2.05, 4.69) is 0 Å². The highest BCUT2D eigenvalue weighted by Gasteiger charge is 2.25. The van der Waals surface area contributed by atoms with Crippen LogP contribution in [0.3, 0.4) is 0 Å². The lowest BCUT2D eigenvalue weighted by molar-refractivity contribution is 0.264. The molecule has 1 fully saturated rings. The summed E-state index contributed by atoms with van der Waals surface area (Å²) in [6.07, 6.45) is 3.57. The highest BCUT2D eigenvalue weighted by molar-refractivity contribution is 5.42. The van der Waals surface area contributed by atoms with Crippen LogP contribution in [0.1, 0.15) is 30.9 Å². The van der Waals surface area contributed by atoms with Crippen molar-refractivity contribution in [1.82, 2.24) is 0 Å². The molecule has 0 aliphatic heterocycles. The first kappa shape index (κ1) is 9.46. The van der Waals surface area contributed by atoms with Crippen LogP contribution < -0.4 is 11.5 Å². The van der Waals surface area contributed by atoms with Gasteiger partial charge in [0.1, 0.15) is 5.82 Å². The second-order valence-corrected chi connectivity index (χ2v) is 4.00. The van der Waals surface area contributed by atoms with Crippen LogP contribution in [-0.4, -0.2) is 0 Å². The van der Waals surface area contributed by atoms with E-state index in [9.17, 15) is 4.39 Å². The predicted molar refractivity (Wildman–Crippen MR) is 55.1 cm³/mol. The second-order valence-electron chi connectivity index (χ2n) is 4.00. The number of halogens is 1. The molecule has 14 heavy (non-hydrogen) atoms. The van der Waals surface area contributed by atoms with Gasteiger partial charge in [-0.05, 0) is 36.5 Å². The van der Waals surface area contributed by atoms with Gasteiger partial charge in [0.2, 0.25) is 0 Å². The van der Waals surface area contributed by atoms with Gasteiger partial charge in [0, 0.05) is 6.04 Å². The molecular weight excluding hydrogens is 179 g/mol. The smallest absolute Gasteiger partial charge is 0.146 e. The number of hydrogen-bond acceptors (Lipinski definition) is 2. The van der Waals surface area contributed by atoms with Crippen LogP contribution >= 0.6 is 0 Å². The Labute approximate surface area is 83.1 Å². The van der Waals surface area contributed by atoms with E-state index < -0.39 is 0 Å². The molecule has 0 radical (unpaired) electrons. The van der Waals surface area contributed by atoms with Crippen molar-refractivity contribution in [3.05, 3.63) is 29.6 Å². The molecule has 1 unspecified atom stereocenters. The van der Waals surface area contributed by atoms with Gasteiger partial charge in [-0.2, -0.15) is 0 Å². The number of benzene rings is 1. The number of hydrogen-bond donors (Lipinski definition) is 2. The van der Waals surface area contributed by atoms with Gasteiger partial charge in [-0.15, -0.1) is 0 Å². The molecule has 2 nitrogen and oxygen atoms in total. The third-order valence-electron chi connectivity index (χ3n) is 3.07. The van der Waals surface area contributed by atoms with Crippen LogP contribution in [0.15, 0.2) is 18.2 Å². The Morgan fingerprint density at radius 1 is 1.36 bits per heavy atom. The van der Waals surface area contributed by atoms with Gasteiger partial charge in [-0.25, -0.2) is 4.39 Å². The quantitative estimate of drug-likeness (QED) is 0.709. The summed E-state index contributed by atoms with van der Waals surface area (Å²) in [5, 5.41) is 0. The fourth-order valence-electron chi connectivity index (χ4n) is 1.82. The van der Waals surface area contributed by atoms with Crippen molar-refractivity contribution in [2.24, 2.45) is 11.7 Å². The van der Waals surface area contributed by atoms with Crippen LogP contribution in [0.2, 0.25) is 0 Å². The first-order valence-corrected chi connectivity index (χ1v) is 4.99. The van der Waals surface area contributed by atoms with Crippen LogP contribution in [0.25, 0.3) is 0 Å². The van der Waals surface area contributed by atoms with Crippen molar-refractivity contribution in [3.8, 4) is 0 Å². The number of nitrogen functional groups attached to an aromatic ring is 1. The van der Waals surface area contributed by atoms with Gasteiger partial charge in [0.05, 0.1) is 5.69 Å². The Bertz CT molecular complexity index is 334. The minimum absolute atomic E-state index is 0.0288. The Morgan fingerprint density at radius 2 is 2.07 bits per heavy atom. The zero-order valence-corrected chi connectivity index (χ0v) is 8.04.